The third-order valence-corrected chi connectivity index (χ3v) is 2.33. The van der Waals surface area contributed by atoms with E-state index in [4.69, 9.17) is 11.6 Å². The zero-order valence-corrected chi connectivity index (χ0v) is 9.92. The summed E-state index contributed by atoms with van der Waals surface area (Å²) in [5, 5.41) is 3.93. The van der Waals surface area contributed by atoms with E-state index in [1.165, 1.54) is 0 Å². The lowest BCUT2D eigenvalue weighted by molar-refractivity contribution is 1.02. The topological polar surface area (TPSA) is 37.8 Å². The van der Waals surface area contributed by atoms with Gasteiger partial charge in [0, 0.05) is 22.5 Å². The van der Waals surface area contributed by atoms with Gasteiger partial charge in [0.1, 0.15) is 11.6 Å². The number of benzene rings is 1. The number of nitrogens with one attached hydrogen (secondary N) is 1. The Hall–Kier alpha value is -1.61. The molecule has 4 heteroatoms. The fraction of sp³-hybridized carbons (Fsp3) is 0.167. The van der Waals surface area contributed by atoms with E-state index >= 15 is 0 Å². The van der Waals surface area contributed by atoms with Crippen LogP contribution in [0, 0.1) is 13.8 Å². The van der Waals surface area contributed by atoms with Crippen molar-refractivity contribution in [3.8, 4) is 0 Å². The molecular weight excluding hydrogens is 222 g/mol. The number of nitrogens with zero attached hydrogens (tertiary/aromatic N) is 2. The average molecular weight is 234 g/mol. The molecule has 0 radical (unpaired) electrons. The van der Waals surface area contributed by atoms with Gasteiger partial charge in [-0.05, 0) is 38.1 Å². The van der Waals surface area contributed by atoms with Crippen LogP contribution >= 0.6 is 11.6 Å². The Kier molecular flexibility index (Phi) is 3.06. The van der Waals surface area contributed by atoms with E-state index in [0.717, 1.165) is 28.0 Å². The molecule has 0 saturated carbocycles. The van der Waals surface area contributed by atoms with Crippen LogP contribution in [0.3, 0.4) is 0 Å². The first-order chi connectivity index (χ1) is 7.63. The van der Waals surface area contributed by atoms with Gasteiger partial charge >= 0.3 is 0 Å². The first-order valence-electron chi connectivity index (χ1n) is 4.98. The minimum atomic E-state index is 0.723. The highest BCUT2D eigenvalue weighted by atomic mass is 35.5. The zero-order valence-electron chi connectivity index (χ0n) is 9.16. The number of aryl methyl sites for hydroxylation is 2. The normalized spacial score (nSPS) is 10.2. The van der Waals surface area contributed by atoms with Gasteiger partial charge in [0.2, 0.25) is 0 Å². The first-order valence-corrected chi connectivity index (χ1v) is 5.36. The van der Waals surface area contributed by atoms with Crippen molar-refractivity contribution in [2.24, 2.45) is 0 Å². The molecule has 0 fully saturated rings. The van der Waals surface area contributed by atoms with Gasteiger partial charge in [-0.1, -0.05) is 11.6 Å². The van der Waals surface area contributed by atoms with Crippen LogP contribution in [0.1, 0.15) is 11.5 Å². The molecule has 0 amide bonds. The van der Waals surface area contributed by atoms with Crippen molar-refractivity contribution in [1.82, 2.24) is 9.97 Å². The lowest BCUT2D eigenvalue weighted by atomic mass is 10.3. The van der Waals surface area contributed by atoms with E-state index in [1.54, 1.807) is 0 Å². The summed E-state index contributed by atoms with van der Waals surface area (Å²) in [7, 11) is 0. The second kappa shape index (κ2) is 4.49. The van der Waals surface area contributed by atoms with Crippen molar-refractivity contribution >= 4 is 23.1 Å². The molecule has 16 heavy (non-hydrogen) atoms. The van der Waals surface area contributed by atoms with Crippen molar-refractivity contribution in [2.75, 3.05) is 5.32 Å². The standard InChI is InChI=1S/C12H12ClN3/c1-8-7-12(15-9(2)14-8)16-11-5-3-10(13)4-6-11/h3-7H,1-2H3,(H,14,15,16). The molecule has 0 unspecified atom stereocenters. The molecule has 82 valence electrons. The summed E-state index contributed by atoms with van der Waals surface area (Å²) < 4.78 is 0. The van der Waals surface area contributed by atoms with E-state index in [0.29, 0.717) is 0 Å². The van der Waals surface area contributed by atoms with Crippen molar-refractivity contribution in [2.45, 2.75) is 13.8 Å². The molecule has 0 spiro atoms. The molecule has 0 aliphatic carbocycles. The maximum absolute atomic E-state index is 5.81. The van der Waals surface area contributed by atoms with E-state index < -0.39 is 0 Å². The van der Waals surface area contributed by atoms with Crippen LogP contribution < -0.4 is 5.32 Å². The molecule has 2 rings (SSSR count). The summed E-state index contributed by atoms with van der Waals surface area (Å²) >= 11 is 5.81. The first kappa shape index (κ1) is 10.9. The fourth-order valence-electron chi connectivity index (χ4n) is 1.46. The van der Waals surface area contributed by atoms with Crippen LogP contribution in [0.25, 0.3) is 0 Å². The highest BCUT2D eigenvalue weighted by Gasteiger charge is 1.99. The third-order valence-electron chi connectivity index (χ3n) is 2.08. The summed E-state index contributed by atoms with van der Waals surface area (Å²) in [5.41, 5.74) is 1.91. The van der Waals surface area contributed by atoms with Gasteiger partial charge in [0.15, 0.2) is 0 Å². The Bertz CT molecular complexity index is 474. The number of anilines is 2. The van der Waals surface area contributed by atoms with E-state index in [-0.39, 0.29) is 0 Å². The average Bonchev–Trinajstić information content (AvgIpc) is 2.20. The lowest BCUT2D eigenvalue weighted by Crippen LogP contribution is -1.98. The number of halogens is 1. The smallest absolute Gasteiger partial charge is 0.134 e. The number of hydrogen-bond acceptors (Lipinski definition) is 3. The van der Waals surface area contributed by atoms with Crippen LogP contribution in [0.5, 0.6) is 0 Å². The summed E-state index contributed by atoms with van der Waals surface area (Å²) in [4.78, 5) is 8.51. The summed E-state index contributed by atoms with van der Waals surface area (Å²) in [6.07, 6.45) is 0. The number of hydrogen-bond donors (Lipinski definition) is 1. The Balaban J connectivity index is 2.23. The van der Waals surface area contributed by atoms with Crippen LogP contribution in [0.2, 0.25) is 5.02 Å². The number of rotatable bonds is 2. The quantitative estimate of drug-likeness (QED) is 0.863. The van der Waals surface area contributed by atoms with Gasteiger partial charge in [-0.3, -0.25) is 0 Å². The molecule has 1 aromatic heterocycles. The predicted molar refractivity (Wildman–Crippen MR) is 66.2 cm³/mol. The molecule has 0 atom stereocenters. The highest BCUT2D eigenvalue weighted by Crippen LogP contribution is 2.17. The molecule has 1 N–H and O–H groups in total. The third kappa shape index (κ3) is 2.70. The Morgan fingerprint density at radius 1 is 1.06 bits per heavy atom. The van der Waals surface area contributed by atoms with Crippen molar-refractivity contribution in [3.63, 3.8) is 0 Å². The minimum absolute atomic E-state index is 0.723. The molecule has 1 aromatic carbocycles. The van der Waals surface area contributed by atoms with E-state index in [2.05, 4.69) is 15.3 Å². The van der Waals surface area contributed by atoms with Gasteiger partial charge in [-0.25, -0.2) is 9.97 Å². The van der Waals surface area contributed by atoms with Crippen LogP contribution in [-0.2, 0) is 0 Å². The Labute approximate surface area is 99.5 Å². The predicted octanol–water partition coefficient (Wildman–Crippen LogP) is 3.49. The second-order valence-corrected chi connectivity index (χ2v) is 4.01. The van der Waals surface area contributed by atoms with Crippen LogP contribution in [0.4, 0.5) is 11.5 Å². The maximum atomic E-state index is 5.81. The van der Waals surface area contributed by atoms with Crippen molar-refractivity contribution in [3.05, 3.63) is 46.9 Å². The van der Waals surface area contributed by atoms with E-state index in [1.807, 2.05) is 44.2 Å². The van der Waals surface area contributed by atoms with Crippen LogP contribution in [0.15, 0.2) is 30.3 Å². The van der Waals surface area contributed by atoms with Crippen molar-refractivity contribution < 1.29 is 0 Å². The molecule has 2 aromatic rings. The molecule has 1 heterocycles. The van der Waals surface area contributed by atoms with Gasteiger partial charge in [-0.2, -0.15) is 0 Å². The van der Waals surface area contributed by atoms with Gasteiger partial charge in [0.25, 0.3) is 0 Å². The van der Waals surface area contributed by atoms with Gasteiger partial charge in [-0.15, -0.1) is 0 Å². The molecule has 0 bridgehead atoms. The van der Waals surface area contributed by atoms with Gasteiger partial charge < -0.3 is 5.32 Å². The molecular formula is C12H12ClN3. The largest absolute Gasteiger partial charge is 0.340 e. The SMILES string of the molecule is Cc1cc(Nc2ccc(Cl)cc2)nc(C)n1. The Morgan fingerprint density at radius 3 is 2.38 bits per heavy atom. The molecule has 0 aliphatic rings. The summed E-state index contributed by atoms with van der Waals surface area (Å²) in [6, 6.07) is 9.40. The van der Waals surface area contributed by atoms with Crippen molar-refractivity contribution in [1.29, 1.82) is 0 Å². The maximum Gasteiger partial charge on any atom is 0.134 e. The lowest BCUT2D eigenvalue weighted by Gasteiger charge is -2.06. The molecule has 3 nitrogen and oxygen atoms in total. The fourth-order valence-corrected chi connectivity index (χ4v) is 1.59. The summed E-state index contributed by atoms with van der Waals surface area (Å²) in [5.74, 6) is 1.56. The van der Waals surface area contributed by atoms with E-state index in [9.17, 15) is 0 Å². The molecule has 0 saturated heterocycles. The monoisotopic (exact) mass is 233 g/mol. The minimum Gasteiger partial charge on any atom is -0.340 e. The number of aromatic nitrogens is 2. The highest BCUT2D eigenvalue weighted by molar-refractivity contribution is 6.30. The summed E-state index contributed by atoms with van der Waals surface area (Å²) in [6.45, 7) is 3.82. The molecule has 0 aliphatic heterocycles. The zero-order chi connectivity index (χ0) is 11.5. The Morgan fingerprint density at radius 2 is 1.75 bits per heavy atom. The van der Waals surface area contributed by atoms with Crippen LogP contribution in [-0.4, -0.2) is 9.97 Å². The van der Waals surface area contributed by atoms with Gasteiger partial charge in [0.05, 0.1) is 0 Å². The second-order valence-electron chi connectivity index (χ2n) is 3.57.